The lowest BCUT2D eigenvalue weighted by atomic mass is 9.83. The molecule has 3 N–H and O–H groups in total. The predicted molar refractivity (Wildman–Crippen MR) is 78.6 cm³/mol. The van der Waals surface area contributed by atoms with E-state index in [1.54, 1.807) is 0 Å². The van der Waals surface area contributed by atoms with Gasteiger partial charge in [-0.15, -0.1) is 0 Å². The van der Waals surface area contributed by atoms with E-state index in [1.807, 2.05) is 0 Å². The molecule has 0 amide bonds. The van der Waals surface area contributed by atoms with Crippen molar-refractivity contribution in [3.63, 3.8) is 0 Å². The number of amidine groups is 1. The molecule has 0 aromatic carbocycles. The number of hydrogen-bond donors (Lipinski definition) is 2. The Morgan fingerprint density at radius 3 is 2.68 bits per heavy atom. The van der Waals surface area contributed by atoms with Gasteiger partial charge in [0.1, 0.15) is 0 Å². The van der Waals surface area contributed by atoms with Gasteiger partial charge in [-0.1, -0.05) is 26.2 Å². The molecule has 1 heterocycles. The SMILES string of the molecule is CCN(CCC(=N)N)CC1CCC2(CCCCC2)O1. The summed E-state index contributed by atoms with van der Waals surface area (Å²) >= 11 is 0. The van der Waals surface area contributed by atoms with E-state index in [4.69, 9.17) is 15.9 Å². The summed E-state index contributed by atoms with van der Waals surface area (Å²) in [6.07, 6.45) is 10.1. The molecule has 0 aromatic heterocycles. The van der Waals surface area contributed by atoms with Crippen LogP contribution >= 0.6 is 0 Å². The van der Waals surface area contributed by atoms with Crippen LogP contribution < -0.4 is 5.73 Å². The summed E-state index contributed by atoms with van der Waals surface area (Å²) in [6, 6.07) is 0. The molecule has 2 fully saturated rings. The Morgan fingerprint density at radius 1 is 1.32 bits per heavy atom. The van der Waals surface area contributed by atoms with E-state index in [1.165, 1.54) is 44.9 Å². The Kier molecular flexibility index (Phi) is 5.22. The highest BCUT2D eigenvalue weighted by Gasteiger charge is 2.40. The normalized spacial score (nSPS) is 26.1. The van der Waals surface area contributed by atoms with Crippen LogP contribution in [0.5, 0.6) is 0 Å². The summed E-state index contributed by atoms with van der Waals surface area (Å²) in [4.78, 5) is 2.37. The van der Waals surface area contributed by atoms with E-state index < -0.39 is 0 Å². The Hall–Kier alpha value is -0.610. The van der Waals surface area contributed by atoms with Crippen LogP contribution in [-0.4, -0.2) is 42.1 Å². The van der Waals surface area contributed by atoms with Gasteiger partial charge in [-0.05, 0) is 32.2 Å². The lowest BCUT2D eigenvalue weighted by molar-refractivity contribution is -0.0713. The highest BCUT2D eigenvalue weighted by molar-refractivity contribution is 5.76. The number of hydrogen-bond acceptors (Lipinski definition) is 3. The van der Waals surface area contributed by atoms with Crippen molar-refractivity contribution >= 4 is 5.84 Å². The van der Waals surface area contributed by atoms with Crippen LogP contribution in [0.2, 0.25) is 0 Å². The van der Waals surface area contributed by atoms with E-state index >= 15 is 0 Å². The van der Waals surface area contributed by atoms with Crippen LogP contribution in [-0.2, 0) is 4.74 Å². The number of ether oxygens (including phenoxy) is 1. The molecule has 1 saturated carbocycles. The third-order valence-electron chi connectivity index (χ3n) is 4.71. The van der Waals surface area contributed by atoms with Crippen molar-refractivity contribution in [2.24, 2.45) is 5.73 Å². The van der Waals surface area contributed by atoms with Crippen molar-refractivity contribution in [1.29, 1.82) is 5.41 Å². The van der Waals surface area contributed by atoms with Gasteiger partial charge in [0.2, 0.25) is 0 Å². The van der Waals surface area contributed by atoms with Crippen molar-refractivity contribution < 1.29 is 4.74 Å². The number of nitrogens with zero attached hydrogens (tertiary/aromatic N) is 1. The molecule has 0 radical (unpaired) electrons. The summed E-state index contributed by atoms with van der Waals surface area (Å²) in [5.74, 6) is 0.287. The van der Waals surface area contributed by atoms with Crippen molar-refractivity contribution in [2.45, 2.75) is 70.0 Å². The quantitative estimate of drug-likeness (QED) is 0.574. The lowest BCUT2D eigenvalue weighted by Gasteiger charge is -2.34. The molecule has 1 aliphatic heterocycles. The number of nitrogens with two attached hydrogens (primary N) is 1. The minimum absolute atomic E-state index is 0.225. The van der Waals surface area contributed by atoms with Crippen LogP contribution in [0.15, 0.2) is 0 Å². The second kappa shape index (κ2) is 6.71. The van der Waals surface area contributed by atoms with Crippen LogP contribution in [0.25, 0.3) is 0 Å². The fourth-order valence-corrected chi connectivity index (χ4v) is 3.53. The molecule has 0 aromatic rings. The Bertz CT molecular complexity index is 300. The fourth-order valence-electron chi connectivity index (χ4n) is 3.53. The van der Waals surface area contributed by atoms with Gasteiger partial charge in [-0.2, -0.15) is 0 Å². The van der Waals surface area contributed by atoms with Gasteiger partial charge in [0.05, 0.1) is 17.5 Å². The molecule has 4 nitrogen and oxygen atoms in total. The van der Waals surface area contributed by atoms with Gasteiger partial charge < -0.3 is 15.4 Å². The maximum atomic E-state index is 7.32. The van der Waals surface area contributed by atoms with Crippen LogP contribution in [0, 0.1) is 5.41 Å². The number of nitrogens with one attached hydrogen (secondary N) is 1. The molecule has 1 atom stereocenters. The zero-order valence-electron chi connectivity index (χ0n) is 12.3. The molecular weight excluding hydrogens is 238 g/mol. The summed E-state index contributed by atoms with van der Waals surface area (Å²) in [7, 11) is 0. The van der Waals surface area contributed by atoms with Crippen molar-refractivity contribution in [3.8, 4) is 0 Å². The molecule has 4 heteroatoms. The molecule has 1 spiro atoms. The zero-order valence-corrected chi connectivity index (χ0v) is 12.3. The lowest BCUT2D eigenvalue weighted by Crippen LogP contribution is -2.37. The van der Waals surface area contributed by atoms with E-state index in [2.05, 4.69) is 11.8 Å². The van der Waals surface area contributed by atoms with E-state index in [0.29, 0.717) is 12.5 Å². The molecule has 1 saturated heterocycles. The van der Waals surface area contributed by atoms with Crippen molar-refractivity contribution in [2.75, 3.05) is 19.6 Å². The molecule has 110 valence electrons. The highest BCUT2D eigenvalue weighted by atomic mass is 16.5. The predicted octanol–water partition coefficient (Wildman–Crippen LogP) is 2.52. The van der Waals surface area contributed by atoms with Crippen LogP contribution in [0.4, 0.5) is 0 Å². The molecule has 2 aliphatic rings. The molecule has 2 rings (SSSR count). The van der Waals surface area contributed by atoms with Gasteiger partial charge in [0, 0.05) is 19.5 Å². The Labute approximate surface area is 117 Å². The maximum Gasteiger partial charge on any atom is 0.0918 e. The third-order valence-corrected chi connectivity index (χ3v) is 4.71. The van der Waals surface area contributed by atoms with Gasteiger partial charge >= 0.3 is 0 Å². The monoisotopic (exact) mass is 267 g/mol. The van der Waals surface area contributed by atoms with E-state index in [0.717, 1.165) is 19.6 Å². The van der Waals surface area contributed by atoms with Crippen LogP contribution in [0.3, 0.4) is 0 Å². The van der Waals surface area contributed by atoms with E-state index in [9.17, 15) is 0 Å². The Balaban J connectivity index is 1.78. The second-order valence-corrected chi connectivity index (χ2v) is 6.19. The van der Waals surface area contributed by atoms with Crippen LogP contribution in [0.1, 0.15) is 58.3 Å². The fraction of sp³-hybridized carbons (Fsp3) is 0.933. The second-order valence-electron chi connectivity index (χ2n) is 6.19. The summed E-state index contributed by atoms with van der Waals surface area (Å²) in [6.45, 7) is 5.08. The zero-order chi connectivity index (χ0) is 13.7. The number of rotatable bonds is 6. The first-order valence-electron chi connectivity index (χ1n) is 7.87. The standard InChI is InChI=1S/C15H29N3O/c1-2-18(11-7-14(16)17)12-13-6-10-15(19-13)8-4-3-5-9-15/h13H,2-12H2,1H3,(H3,16,17). The first-order chi connectivity index (χ1) is 9.13. The minimum atomic E-state index is 0.225. The molecule has 1 unspecified atom stereocenters. The largest absolute Gasteiger partial charge is 0.388 e. The molecule has 0 bridgehead atoms. The summed E-state index contributed by atoms with van der Waals surface area (Å²) in [5.41, 5.74) is 5.67. The van der Waals surface area contributed by atoms with Crippen molar-refractivity contribution in [1.82, 2.24) is 4.90 Å². The molecule has 19 heavy (non-hydrogen) atoms. The smallest absolute Gasteiger partial charge is 0.0918 e. The van der Waals surface area contributed by atoms with Gasteiger partial charge in [-0.25, -0.2) is 0 Å². The Morgan fingerprint density at radius 2 is 2.05 bits per heavy atom. The first kappa shape index (κ1) is 14.8. The van der Waals surface area contributed by atoms with Gasteiger partial charge in [-0.3, -0.25) is 5.41 Å². The average molecular weight is 267 g/mol. The average Bonchev–Trinajstić information content (AvgIpc) is 2.78. The van der Waals surface area contributed by atoms with Crippen molar-refractivity contribution in [3.05, 3.63) is 0 Å². The third kappa shape index (κ3) is 4.18. The summed E-state index contributed by atoms with van der Waals surface area (Å²) in [5, 5.41) is 7.32. The first-order valence-corrected chi connectivity index (χ1v) is 7.87. The molecule has 1 aliphatic carbocycles. The summed E-state index contributed by atoms with van der Waals surface area (Å²) < 4.78 is 6.40. The van der Waals surface area contributed by atoms with Gasteiger partial charge in [0.25, 0.3) is 0 Å². The maximum absolute atomic E-state index is 7.32. The molecular formula is C15H29N3O. The minimum Gasteiger partial charge on any atom is -0.388 e. The topological polar surface area (TPSA) is 62.3 Å². The highest BCUT2D eigenvalue weighted by Crippen LogP contribution is 2.41. The van der Waals surface area contributed by atoms with Gasteiger partial charge in [0.15, 0.2) is 0 Å². The van der Waals surface area contributed by atoms with E-state index in [-0.39, 0.29) is 11.4 Å². The number of likely N-dealkylation sites (N-methyl/N-ethyl adjacent to an activating group) is 1.